The molecule has 0 fully saturated rings. The molecule has 5 nitrogen and oxygen atoms in total. The van der Waals surface area contributed by atoms with E-state index in [4.69, 9.17) is 4.74 Å². The van der Waals surface area contributed by atoms with Crippen molar-refractivity contribution in [3.8, 4) is 0 Å². The smallest absolute Gasteiger partial charge is 0.242 e. The van der Waals surface area contributed by atoms with E-state index in [1.165, 1.54) is 18.4 Å². The third kappa shape index (κ3) is 4.49. The van der Waals surface area contributed by atoms with Gasteiger partial charge in [0.2, 0.25) is 10.0 Å². The van der Waals surface area contributed by atoms with Gasteiger partial charge in [0.1, 0.15) is 0 Å². The van der Waals surface area contributed by atoms with Gasteiger partial charge in [0.15, 0.2) is 0 Å². The van der Waals surface area contributed by atoms with Gasteiger partial charge < -0.3 is 10.1 Å². The molecule has 0 radical (unpaired) electrons. The van der Waals surface area contributed by atoms with E-state index in [0.29, 0.717) is 18.1 Å². The zero-order valence-electron chi connectivity index (χ0n) is 11.9. The molecule has 1 N–H and O–H groups in total. The van der Waals surface area contributed by atoms with Crippen LogP contribution in [-0.4, -0.2) is 46.1 Å². The molecule has 0 aliphatic heterocycles. The van der Waals surface area contributed by atoms with E-state index in [1.54, 1.807) is 24.3 Å². The third-order valence-electron chi connectivity index (χ3n) is 2.62. The van der Waals surface area contributed by atoms with E-state index < -0.39 is 10.0 Å². The lowest BCUT2D eigenvalue weighted by Crippen LogP contribution is -2.23. The first-order valence-electron chi connectivity index (χ1n) is 6.24. The van der Waals surface area contributed by atoms with E-state index in [-0.39, 0.29) is 6.04 Å². The van der Waals surface area contributed by atoms with Crippen molar-refractivity contribution in [2.45, 2.75) is 24.8 Å². The molecule has 1 aromatic rings. The second kappa shape index (κ2) is 6.88. The maximum atomic E-state index is 11.9. The molecular formula is C13H22N2O3S. The minimum atomic E-state index is -3.36. The molecule has 108 valence electrons. The number of sulfonamides is 1. The van der Waals surface area contributed by atoms with Crippen LogP contribution in [0.5, 0.6) is 0 Å². The third-order valence-corrected chi connectivity index (χ3v) is 4.45. The number of hydrogen-bond acceptors (Lipinski definition) is 4. The van der Waals surface area contributed by atoms with Gasteiger partial charge in [-0.1, -0.05) is 0 Å². The standard InChI is InChI=1S/C13H22N2O3S/c1-5-18-10-11(2)14-12-6-8-13(9-7-12)19(16,17)15(3)4/h6-9,11,14H,5,10H2,1-4H3. The molecule has 6 heteroatoms. The first-order valence-corrected chi connectivity index (χ1v) is 7.68. The largest absolute Gasteiger partial charge is 0.380 e. The number of ether oxygens (including phenoxy) is 1. The fourth-order valence-electron chi connectivity index (χ4n) is 1.55. The Bertz CT molecular complexity index is 483. The fourth-order valence-corrected chi connectivity index (χ4v) is 2.46. The van der Waals surface area contributed by atoms with Crippen molar-refractivity contribution in [1.82, 2.24) is 4.31 Å². The monoisotopic (exact) mass is 286 g/mol. The topological polar surface area (TPSA) is 58.6 Å². The Balaban J connectivity index is 2.72. The van der Waals surface area contributed by atoms with Gasteiger partial charge in [-0.25, -0.2) is 12.7 Å². The Morgan fingerprint density at radius 2 is 1.84 bits per heavy atom. The van der Waals surface area contributed by atoms with Crippen LogP contribution in [0.25, 0.3) is 0 Å². The van der Waals surface area contributed by atoms with Crippen LogP contribution in [0.4, 0.5) is 5.69 Å². The van der Waals surface area contributed by atoms with E-state index >= 15 is 0 Å². The van der Waals surface area contributed by atoms with Crippen molar-refractivity contribution in [1.29, 1.82) is 0 Å². The summed E-state index contributed by atoms with van der Waals surface area (Å²) in [4.78, 5) is 0.292. The highest BCUT2D eigenvalue weighted by atomic mass is 32.2. The number of nitrogens with one attached hydrogen (secondary N) is 1. The van der Waals surface area contributed by atoms with Gasteiger partial charge in [-0.05, 0) is 38.1 Å². The Morgan fingerprint density at radius 1 is 1.26 bits per heavy atom. The van der Waals surface area contributed by atoms with Crippen LogP contribution in [0.2, 0.25) is 0 Å². The summed E-state index contributed by atoms with van der Waals surface area (Å²) in [6.45, 7) is 5.27. The van der Waals surface area contributed by atoms with E-state index in [0.717, 1.165) is 5.69 Å². The molecule has 0 spiro atoms. The van der Waals surface area contributed by atoms with E-state index in [9.17, 15) is 8.42 Å². The normalized spacial score (nSPS) is 13.5. The zero-order valence-corrected chi connectivity index (χ0v) is 12.7. The van der Waals surface area contributed by atoms with Gasteiger partial charge >= 0.3 is 0 Å². The minimum absolute atomic E-state index is 0.177. The number of rotatable bonds is 7. The van der Waals surface area contributed by atoms with E-state index in [1.807, 2.05) is 13.8 Å². The molecule has 1 aromatic carbocycles. The molecule has 0 saturated carbocycles. The molecule has 1 rings (SSSR count). The summed E-state index contributed by atoms with van der Waals surface area (Å²) in [5, 5.41) is 3.25. The molecule has 1 atom stereocenters. The van der Waals surface area contributed by atoms with Crippen LogP contribution >= 0.6 is 0 Å². The first kappa shape index (κ1) is 15.9. The number of benzene rings is 1. The van der Waals surface area contributed by atoms with Crippen LogP contribution in [0.3, 0.4) is 0 Å². The average molecular weight is 286 g/mol. The number of anilines is 1. The number of hydrogen-bond donors (Lipinski definition) is 1. The van der Waals surface area contributed by atoms with Crippen molar-refractivity contribution in [2.24, 2.45) is 0 Å². The quantitative estimate of drug-likeness (QED) is 0.830. The predicted molar refractivity (Wildman–Crippen MR) is 76.9 cm³/mol. The van der Waals surface area contributed by atoms with Crippen LogP contribution < -0.4 is 5.32 Å². The maximum Gasteiger partial charge on any atom is 0.242 e. The summed E-state index contributed by atoms with van der Waals surface area (Å²) in [5.74, 6) is 0. The first-order chi connectivity index (χ1) is 8.87. The van der Waals surface area contributed by atoms with Gasteiger partial charge in [-0.15, -0.1) is 0 Å². The lowest BCUT2D eigenvalue weighted by molar-refractivity contribution is 0.141. The Kier molecular flexibility index (Phi) is 5.78. The van der Waals surface area contributed by atoms with Gasteiger partial charge in [-0.3, -0.25) is 0 Å². The maximum absolute atomic E-state index is 11.9. The van der Waals surface area contributed by atoms with Crippen LogP contribution in [0.15, 0.2) is 29.2 Å². The summed E-state index contributed by atoms with van der Waals surface area (Å²) in [6, 6.07) is 6.91. The summed E-state index contributed by atoms with van der Waals surface area (Å²) in [7, 11) is -0.316. The SMILES string of the molecule is CCOCC(C)Nc1ccc(S(=O)(=O)N(C)C)cc1. The van der Waals surface area contributed by atoms with Crippen molar-refractivity contribution in [3.63, 3.8) is 0 Å². The van der Waals surface area contributed by atoms with Crippen LogP contribution in [0, 0.1) is 0 Å². The lowest BCUT2D eigenvalue weighted by atomic mass is 10.3. The molecule has 0 bridgehead atoms. The molecule has 19 heavy (non-hydrogen) atoms. The molecule has 0 amide bonds. The van der Waals surface area contributed by atoms with Crippen molar-refractivity contribution in [3.05, 3.63) is 24.3 Å². The average Bonchev–Trinajstić information content (AvgIpc) is 2.36. The van der Waals surface area contributed by atoms with Crippen molar-refractivity contribution >= 4 is 15.7 Å². The summed E-state index contributed by atoms with van der Waals surface area (Å²) in [5.41, 5.74) is 0.880. The highest BCUT2D eigenvalue weighted by Gasteiger charge is 2.16. The highest BCUT2D eigenvalue weighted by molar-refractivity contribution is 7.89. The Hall–Kier alpha value is -1.11. The van der Waals surface area contributed by atoms with Gasteiger partial charge in [0, 0.05) is 32.4 Å². The second-order valence-electron chi connectivity index (χ2n) is 4.52. The highest BCUT2D eigenvalue weighted by Crippen LogP contribution is 2.17. The molecule has 0 aliphatic rings. The Morgan fingerprint density at radius 3 is 2.32 bits per heavy atom. The molecule has 0 saturated heterocycles. The van der Waals surface area contributed by atoms with Gasteiger partial charge in [0.25, 0.3) is 0 Å². The zero-order chi connectivity index (χ0) is 14.5. The number of nitrogens with zero attached hydrogens (tertiary/aromatic N) is 1. The van der Waals surface area contributed by atoms with Crippen molar-refractivity contribution < 1.29 is 13.2 Å². The molecule has 0 aromatic heterocycles. The fraction of sp³-hybridized carbons (Fsp3) is 0.538. The summed E-state index contributed by atoms with van der Waals surface area (Å²) in [6.07, 6.45) is 0. The molecule has 0 aliphatic carbocycles. The molecule has 0 heterocycles. The second-order valence-corrected chi connectivity index (χ2v) is 6.67. The predicted octanol–water partition coefficient (Wildman–Crippen LogP) is 1.77. The van der Waals surface area contributed by atoms with Crippen molar-refractivity contribution in [2.75, 3.05) is 32.6 Å². The van der Waals surface area contributed by atoms with Gasteiger partial charge in [0.05, 0.1) is 11.5 Å². The summed E-state index contributed by atoms with van der Waals surface area (Å²) < 4.78 is 30.3. The van der Waals surface area contributed by atoms with E-state index in [2.05, 4.69) is 5.32 Å². The molecule has 1 unspecified atom stereocenters. The summed E-state index contributed by atoms with van der Waals surface area (Å²) >= 11 is 0. The Labute approximate surface area is 115 Å². The van der Waals surface area contributed by atoms with Crippen LogP contribution in [0.1, 0.15) is 13.8 Å². The van der Waals surface area contributed by atoms with Crippen LogP contribution in [-0.2, 0) is 14.8 Å². The minimum Gasteiger partial charge on any atom is -0.380 e. The molecular weight excluding hydrogens is 264 g/mol. The lowest BCUT2D eigenvalue weighted by Gasteiger charge is -2.16. The van der Waals surface area contributed by atoms with Gasteiger partial charge in [-0.2, -0.15) is 0 Å².